The average Bonchev–Trinajstić information content (AvgIpc) is 2.56. The van der Waals surface area contributed by atoms with E-state index in [0.29, 0.717) is 0 Å². The van der Waals surface area contributed by atoms with Crippen molar-refractivity contribution in [1.29, 1.82) is 0 Å². The van der Waals surface area contributed by atoms with Gasteiger partial charge in [-0.2, -0.15) is 0 Å². The molecule has 0 atom stereocenters. The minimum Gasteiger partial charge on any atom is -0.288 e. The molecule has 0 bridgehead atoms. The fourth-order valence-electron chi connectivity index (χ4n) is 2.88. The number of hydrogen-bond acceptors (Lipinski definition) is 2. The van der Waals surface area contributed by atoms with Crippen LogP contribution in [-0.2, 0) is 6.42 Å². The van der Waals surface area contributed by atoms with Crippen molar-refractivity contribution >= 4 is 31.5 Å². The molecule has 1 nitrogen and oxygen atoms in total. The van der Waals surface area contributed by atoms with E-state index in [9.17, 15) is 4.79 Å². The van der Waals surface area contributed by atoms with Crippen LogP contribution in [0, 0.1) is 0 Å². The molecule has 106 valence electrons. The second-order valence-corrected chi connectivity index (χ2v) is 6.46. The summed E-state index contributed by atoms with van der Waals surface area (Å²) in [6, 6.07) is 24.3. The highest BCUT2D eigenvalue weighted by atomic mass is 32.1. The molecule has 0 aliphatic heterocycles. The Kier molecular flexibility index (Phi) is 3.24. The predicted octanol–water partition coefficient (Wildman–Crippen LogP) is 5.01. The van der Waals surface area contributed by atoms with Gasteiger partial charge < -0.3 is 0 Å². The molecule has 2 heteroatoms. The normalized spacial score (nSPS) is 11.1. The van der Waals surface area contributed by atoms with E-state index in [-0.39, 0.29) is 5.43 Å². The fraction of sp³-hybridized carbons (Fsp3) is 0.0500. The molecule has 0 amide bonds. The van der Waals surface area contributed by atoms with Crippen molar-refractivity contribution in [3.63, 3.8) is 0 Å². The van der Waals surface area contributed by atoms with Gasteiger partial charge in [0, 0.05) is 20.2 Å². The molecule has 0 fully saturated rings. The number of hydrogen-bond donors (Lipinski definition) is 0. The summed E-state index contributed by atoms with van der Waals surface area (Å²) in [5, 5.41) is 1.69. The van der Waals surface area contributed by atoms with Gasteiger partial charge in [0.05, 0.1) is 0 Å². The molecule has 1 heterocycles. The number of fused-ring (bicyclic) bond motifs is 2. The van der Waals surface area contributed by atoms with E-state index in [4.69, 9.17) is 0 Å². The molecule has 0 saturated carbocycles. The van der Waals surface area contributed by atoms with E-state index >= 15 is 0 Å². The highest BCUT2D eigenvalue weighted by Crippen LogP contribution is 2.27. The Morgan fingerprint density at radius 3 is 2.32 bits per heavy atom. The first-order valence-electron chi connectivity index (χ1n) is 7.30. The van der Waals surface area contributed by atoms with Gasteiger partial charge in [-0.1, -0.05) is 54.6 Å². The molecule has 1 aromatic heterocycles. The van der Waals surface area contributed by atoms with Gasteiger partial charge in [-0.25, -0.2) is 0 Å². The van der Waals surface area contributed by atoms with Gasteiger partial charge in [-0.05, 0) is 35.7 Å². The minimum atomic E-state index is 0.149. The second kappa shape index (κ2) is 5.39. The van der Waals surface area contributed by atoms with Crippen molar-refractivity contribution in [3.05, 3.63) is 94.1 Å². The van der Waals surface area contributed by atoms with Crippen molar-refractivity contribution in [2.45, 2.75) is 6.42 Å². The molecule has 0 unspecified atom stereocenters. The molecule has 0 spiro atoms. The van der Waals surface area contributed by atoms with Crippen molar-refractivity contribution in [3.8, 4) is 0 Å². The van der Waals surface area contributed by atoms with E-state index in [1.54, 1.807) is 11.3 Å². The molecule has 0 N–H and O–H groups in total. The quantitative estimate of drug-likeness (QED) is 0.476. The van der Waals surface area contributed by atoms with Crippen molar-refractivity contribution in [1.82, 2.24) is 0 Å². The summed E-state index contributed by atoms with van der Waals surface area (Å²) in [6.07, 6.45) is 0.790. The van der Waals surface area contributed by atoms with Crippen LogP contribution in [0.4, 0.5) is 0 Å². The van der Waals surface area contributed by atoms with Crippen LogP contribution in [0.25, 0.3) is 20.2 Å². The second-order valence-electron chi connectivity index (χ2n) is 5.38. The van der Waals surface area contributed by atoms with Crippen LogP contribution < -0.4 is 5.43 Å². The molecular formula is C20H14OS. The Hall–Kier alpha value is -2.45. The van der Waals surface area contributed by atoms with Crippen molar-refractivity contribution < 1.29 is 0 Å². The third-order valence-corrected chi connectivity index (χ3v) is 5.06. The van der Waals surface area contributed by atoms with E-state index in [2.05, 4.69) is 18.2 Å². The maximum Gasteiger partial charge on any atom is 0.196 e. The van der Waals surface area contributed by atoms with Crippen molar-refractivity contribution in [2.24, 2.45) is 0 Å². The third-order valence-electron chi connectivity index (χ3n) is 3.93. The largest absolute Gasteiger partial charge is 0.288 e. The molecular weight excluding hydrogens is 288 g/mol. The lowest BCUT2D eigenvalue weighted by atomic mass is 10.0. The van der Waals surface area contributed by atoms with Gasteiger partial charge in [0.2, 0.25) is 0 Å². The summed E-state index contributed by atoms with van der Waals surface area (Å²) >= 11 is 1.69. The zero-order valence-electron chi connectivity index (χ0n) is 12.0. The Bertz CT molecular complexity index is 1020. The van der Waals surface area contributed by atoms with Gasteiger partial charge in [-0.3, -0.25) is 4.79 Å². The molecule has 0 aliphatic carbocycles. The Labute approximate surface area is 132 Å². The van der Waals surface area contributed by atoms with E-state index in [1.807, 2.05) is 54.6 Å². The first-order valence-corrected chi connectivity index (χ1v) is 8.12. The molecule has 22 heavy (non-hydrogen) atoms. The maximum absolute atomic E-state index is 12.9. The summed E-state index contributed by atoms with van der Waals surface area (Å²) in [4.78, 5) is 12.9. The van der Waals surface area contributed by atoms with Crippen LogP contribution in [0.1, 0.15) is 11.1 Å². The summed E-state index contributed by atoms with van der Waals surface area (Å²) < 4.78 is 2.12. The van der Waals surface area contributed by atoms with Gasteiger partial charge in [0.25, 0.3) is 0 Å². The lowest BCUT2D eigenvalue weighted by molar-refractivity contribution is 1.21. The van der Waals surface area contributed by atoms with Crippen LogP contribution in [-0.4, -0.2) is 0 Å². The summed E-state index contributed by atoms with van der Waals surface area (Å²) in [5.41, 5.74) is 2.49. The fourth-order valence-corrected chi connectivity index (χ4v) is 4.01. The number of rotatable bonds is 2. The minimum absolute atomic E-state index is 0.149. The smallest absolute Gasteiger partial charge is 0.196 e. The summed E-state index contributed by atoms with van der Waals surface area (Å²) in [7, 11) is 0. The maximum atomic E-state index is 12.9. The first-order chi connectivity index (χ1) is 10.8. The molecule has 4 rings (SSSR count). The van der Waals surface area contributed by atoms with Crippen LogP contribution in [0.2, 0.25) is 0 Å². The predicted molar refractivity (Wildman–Crippen MR) is 94.8 cm³/mol. The van der Waals surface area contributed by atoms with Gasteiger partial charge in [0.1, 0.15) is 0 Å². The van der Waals surface area contributed by atoms with E-state index in [0.717, 1.165) is 32.2 Å². The zero-order chi connectivity index (χ0) is 14.9. The number of benzene rings is 3. The van der Waals surface area contributed by atoms with Crippen LogP contribution in [0.5, 0.6) is 0 Å². The van der Waals surface area contributed by atoms with Gasteiger partial charge >= 0.3 is 0 Å². The highest BCUT2D eigenvalue weighted by Gasteiger charge is 2.10. The Morgan fingerprint density at radius 1 is 0.727 bits per heavy atom. The van der Waals surface area contributed by atoms with E-state index < -0.39 is 0 Å². The van der Waals surface area contributed by atoms with E-state index in [1.165, 1.54) is 5.56 Å². The van der Waals surface area contributed by atoms with Crippen LogP contribution in [0.3, 0.4) is 0 Å². The highest BCUT2D eigenvalue weighted by molar-refractivity contribution is 7.24. The summed E-state index contributed by atoms with van der Waals surface area (Å²) in [6.45, 7) is 0. The standard InChI is InChI=1S/C20H14OS/c21-20-16-10-4-5-11-17(16)22-18-12-6-9-15(19(18)20)13-14-7-2-1-3-8-14/h1-12H,13H2. The third kappa shape index (κ3) is 2.22. The monoisotopic (exact) mass is 302 g/mol. The average molecular weight is 302 g/mol. The lowest BCUT2D eigenvalue weighted by Gasteiger charge is -2.07. The molecule has 3 aromatic carbocycles. The van der Waals surface area contributed by atoms with Gasteiger partial charge in [0.15, 0.2) is 5.43 Å². The molecule has 0 aliphatic rings. The van der Waals surface area contributed by atoms with Crippen LogP contribution in [0.15, 0.2) is 77.6 Å². The Balaban J connectivity index is 2.00. The Morgan fingerprint density at radius 2 is 1.45 bits per heavy atom. The van der Waals surface area contributed by atoms with Crippen molar-refractivity contribution in [2.75, 3.05) is 0 Å². The lowest BCUT2D eigenvalue weighted by Crippen LogP contribution is -2.04. The van der Waals surface area contributed by atoms with Crippen LogP contribution >= 0.6 is 11.3 Å². The zero-order valence-corrected chi connectivity index (χ0v) is 12.8. The molecule has 0 saturated heterocycles. The molecule has 0 radical (unpaired) electrons. The van der Waals surface area contributed by atoms with Gasteiger partial charge in [-0.15, -0.1) is 11.3 Å². The molecule has 4 aromatic rings. The first kappa shape index (κ1) is 13.2. The summed E-state index contributed by atoms with van der Waals surface area (Å²) in [5.74, 6) is 0. The SMILES string of the molecule is O=c1c2ccccc2sc2cccc(Cc3ccccc3)c12. The topological polar surface area (TPSA) is 17.1 Å².